The highest BCUT2D eigenvalue weighted by Crippen LogP contribution is 2.41. The summed E-state index contributed by atoms with van der Waals surface area (Å²) < 4.78 is 6.71. The number of nitrogens with zero attached hydrogens (tertiary/aromatic N) is 1. The van der Waals surface area contributed by atoms with Crippen LogP contribution in [0.1, 0.15) is 22.9 Å². The second-order valence-corrected chi connectivity index (χ2v) is 13.5. The van der Waals surface area contributed by atoms with Crippen LogP contribution in [0.5, 0.6) is 0 Å². The molecule has 0 radical (unpaired) electrons. The van der Waals surface area contributed by atoms with Crippen molar-refractivity contribution < 1.29 is 4.42 Å². The van der Waals surface area contributed by atoms with Crippen LogP contribution in [0, 0.1) is 0 Å². The number of benzene rings is 8. The van der Waals surface area contributed by atoms with Gasteiger partial charge in [0.05, 0.1) is 5.71 Å². The lowest BCUT2D eigenvalue weighted by Gasteiger charge is -2.25. The van der Waals surface area contributed by atoms with E-state index >= 15 is 0 Å². The summed E-state index contributed by atoms with van der Waals surface area (Å²) in [6.07, 6.45) is 1.89. The third-order valence-corrected chi connectivity index (χ3v) is 10.4. The number of furan rings is 1. The molecule has 0 fully saturated rings. The molecule has 1 atom stereocenters. The Labute approximate surface area is 308 Å². The zero-order valence-corrected chi connectivity index (χ0v) is 28.9. The maximum atomic E-state index is 6.71. The molecule has 1 aromatic heterocycles. The summed E-state index contributed by atoms with van der Waals surface area (Å²) in [6.45, 7) is 0. The van der Waals surface area contributed by atoms with E-state index in [1.807, 2.05) is 18.2 Å². The van der Waals surface area contributed by atoms with Crippen LogP contribution in [0.3, 0.4) is 0 Å². The topological polar surface area (TPSA) is 37.5 Å². The quantitative estimate of drug-likeness (QED) is 0.190. The maximum absolute atomic E-state index is 6.71. The lowest BCUT2D eigenvalue weighted by molar-refractivity contribution is 0.663. The Kier molecular flexibility index (Phi) is 7.54. The Morgan fingerprint density at radius 1 is 0.434 bits per heavy atom. The van der Waals surface area contributed by atoms with E-state index in [-0.39, 0.29) is 6.17 Å². The molecule has 0 aliphatic carbocycles. The van der Waals surface area contributed by atoms with Gasteiger partial charge in [0.2, 0.25) is 0 Å². The van der Waals surface area contributed by atoms with Gasteiger partial charge in [-0.3, -0.25) is 4.99 Å². The van der Waals surface area contributed by atoms with Crippen molar-refractivity contribution in [2.75, 3.05) is 0 Å². The largest absolute Gasteiger partial charge is 0.455 e. The second kappa shape index (κ2) is 13.0. The molecule has 8 aromatic carbocycles. The van der Waals surface area contributed by atoms with Gasteiger partial charge in [0.25, 0.3) is 0 Å². The summed E-state index contributed by atoms with van der Waals surface area (Å²) in [5, 5.41) is 8.50. The summed E-state index contributed by atoms with van der Waals surface area (Å²) in [6, 6.07) is 66.4. The average Bonchev–Trinajstić information content (AvgIpc) is 3.64. The van der Waals surface area contributed by atoms with Crippen LogP contribution in [0.4, 0.5) is 0 Å². The van der Waals surface area contributed by atoms with Gasteiger partial charge in [-0.1, -0.05) is 176 Å². The summed E-state index contributed by atoms with van der Waals surface area (Å²) in [4.78, 5) is 5.28. The smallest absolute Gasteiger partial charge is 0.145 e. The summed E-state index contributed by atoms with van der Waals surface area (Å²) in [7, 11) is 0. The first kappa shape index (κ1) is 30.8. The van der Waals surface area contributed by atoms with E-state index in [1.54, 1.807) is 0 Å². The molecular weight excluding hydrogens is 645 g/mol. The summed E-state index contributed by atoms with van der Waals surface area (Å²) in [5.41, 5.74) is 13.9. The number of aliphatic imine (C=N–C) groups is 1. The minimum Gasteiger partial charge on any atom is -0.455 e. The number of rotatable bonds is 6. The molecule has 9 aromatic rings. The van der Waals surface area contributed by atoms with E-state index in [4.69, 9.17) is 9.41 Å². The van der Waals surface area contributed by atoms with Crippen LogP contribution < -0.4 is 5.32 Å². The van der Waals surface area contributed by atoms with Crippen LogP contribution in [0.2, 0.25) is 0 Å². The monoisotopic (exact) mass is 678 g/mol. The van der Waals surface area contributed by atoms with Gasteiger partial charge in [-0.25, -0.2) is 0 Å². The van der Waals surface area contributed by atoms with Gasteiger partial charge in [0, 0.05) is 27.6 Å². The molecule has 1 unspecified atom stereocenters. The molecule has 250 valence electrons. The third kappa shape index (κ3) is 5.60. The highest BCUT2D eigenvalue weighted by molar-refractivity contribution is 6.18. The van der Waals surface area contributed by atoms with E-state index in [0.717, 1.165) is 61.2 Å². The van der Waals surface area contributed by atoms with E-state index in [1.165, 1.54) is 33.0 Å². The van der Waals surface area contributed by atoms with Gasteiger partial charge in [-0.05, 0) is 67.9 Å². The SMILES string of the molecule is C1=C(c2ccc(-c3ccc(-c4ccccc4)cc3)c3oc4ccccc4c23)NC(c2ccc(-c3cccc4ccccc34)cc2)N=C1c1ccccc1. The van der Waals surface area contributed by atoms with Crippen LogP contribution in [-0.4, -0.2) is 5.71 Å². The fourth-order valence-electron chi connectivity index (χ4n) is 7.69. The first-order chi connectivity index (χ1) is 26.3. The van der Waals surface area contributed by atoms with Crippen LogP contribution in [0.15, 0.2) is 204 Å². The summed E-state index contributed by atoms with van der Waals surface area (Å²) in [5.74, 6) is 0. The molecule has 2 heterocycles. The fraction of sp³-hybridized carbons (Fsp3) is 0.0200. The van der Waals surface area contributed by atoms with Crippen molar-refractivity contribution in [1.82, 2.24) is 5.32 Å². The van der Waals surface area contributed by atoms with Crippen LogP contribution in [-0.2, 0) is 0 Å². The minimum atomic E-state index is -0.287. The van der Waals surface area contributed by atoms with Crippen molar-refractivity contribution in [1.29, 1.82) is 0 Å². The van der Waals surface area contributed by atoms with Gasteiger partial charge in [0.1, 0.15) is 17.3 Å². The molecule has 0 saturated heterocycles. The van der Waals surface area contributed by atoms with Crippen molar-refractivity contribution in [3.8, 4) is 33.4 Å². The van der Waals surface area contributed by atoms with Gasteiger partial charge in [0.15, 0.2) is 0 Å². The van der Waals surface area contributed by atoms with Crippen molar-refractivity contribution in [3.05, 3.63) is 211 Å². The molecule has 1 N–H and O–H groups in total. The molecule has 0 saturated carbocycles. The lowest BCUT2D eigenvalue weighted by atomic mass is 9.94. The Hall–Kier alpha value is -6.97. The van der Waals surface area contributed by atoms with E-state index in [2.05, 4.69) is 181 Å². The average molecular weight is 679 g/mol. The van der Waals surface area contributed by atoms with Crippen LogP contribution in [0.25, 0.3) is 71.8 Å². The predicted octanol–water partition coefficient (Wildman–Crippen LogP) is 12.9. The first-order valence-electron chi connectivity index (χ1n) is 18.1. The van der Waals surface area contributed by atoms with Crippen molar-refractivity contribution >= 4 is 44.1 Å². The molecule has 3 nitrogen and oxygen atoms in total. The number of hydrogen-bond acceptors (Lipinski definition) is 3. The van der Waals surface area contributed by atoms with E-state index < -0.39 is 0 Å². The Morgan fingerprint density at radius 2 is 1.02 bits per heavy atom. The fourth-order valence-corrected chi connectivity index (χ4v) is 7.69. The molecule has 1 aliphatic rings. The first-order valence-corrected chi connectivity index (χ1v) is 18.1. The van der Waals surface area contributed by atoms with Crippen molar-refractivity contribution in [3.63, 3.8) is 0 Å². The van der Waals surface area contributed by atoms with Crippen LogP contribution >= 0.6 is 0 Å². The third-order valence-electron chi connectivity index (χ3n) is 10.4. The minimum absolute atomic E-state index is 0.287. The highest BCUT2D eigenvalue weighted by atomic mass is 16.3. The Balaban J connectivity index is 1.08. The zero-order valence-electron chi connectivity index (χ0n) is 28.9. The molecule has 3 heteroatoms. The second-order valence-electron chi connectivity index (χ2n) is 13.5. The molecule has 53 heavy (non-hydrogen) atoms. The number of hydrogen-bond donors (Lipinski definition) is 1. The summed E-state index contributed by atoms with van der Waals surface area (Å²) >= 11 is 0. The lowest BCUT2D eigenvalue weighted by Crippen LogP contribution is -2.25. The van der Waals surface area contributed by atoms with E-state index in [9.17, 15) is 0 Å². The molecule has 0 amide bonds. The number of para-hydroxylation sites is 1. The molecule has 10 rings (SSSR count). The number of allylic oxidation sites excluding steroid dienone is 1. The van der Waals surface area contributed by atoms with Gasteiger partial charge >= 0.3 is 0 Å². The Bertz CT molecular complexity index is 2820. The zero-order chi connectivity index (χ0) is 35.1. The predicted molar refractivity (Wildman–Crippen MR) is 221 cm³/mol. The van der Waals surface area contributed by atoms with Gasteiger partial charge < -0.3 is 9.73 Å². The number of nitrogens with one attached hydrogen (secondary N) is 1. The van der Waals surface area contributed by atoms with Gasteiger partial charge in [-0.2, -0.15) is 0 Å². The van der Waals surface area contributed by atoms with Gasteiger partial charge in [-0.15, -0.1) is 0 Å². The van der Waals surface area contributed by atoms with Crippen molar-refractivity contribution in [2.45, 2.75) is 6.17 Å². The van der Waals surface area contributed by atoms with Crippen molar-refractivity contribution in [2.24, 2.45) is 4.99 Å². The Morgan fingerprint density at radius 3 is 1.81 bits per heavy atom. The standard InChI is InChI=1S/C50H34N2O/c1-3-12-33(13-4-1)34-22-24-37(25-23-34)42-30-31-43(48-44-19-9-10-21-47(44)53-49(42)48)46-32-45(38-15-5-2-6-16-38)51-50(52-46)39-28-26-36(27-29-39)41-20-11-17-35-14-7-8-18-40(35)41/h1-32,50,52H. The number of fused-ring (bicyclic) bond motifs is 4. The maximum Gasteiger partial charge on any atom is 0.145 e. The normalized spacial score (nSPS) is 14.2. The highest BCUT2D eigenvalue weighted by Gasteiger charge is 2.24. The molecule has 0 spiro atoms. The molecular formula is C50H34N2O. The van der Waals surface area contributed by atoms with E-state index in [0.29, 0.717) is 0 Å². The molecule has 1 aliphatic heterocycles. The molecule has 0 bridgehead atoms.